The van der Waals surface area contributed by atoms with Crippen LogP contribution < -0.4 is 4.90 Å². The monoisotopic (exact) mass is 373 g/mol. The van der Waals surface area contributed by atoms with Crippen LogP contribution >= 0.6 is 0 Å². The van der Waals surface area contributed by atoms with Gasteiger partial charge in [-0.2, -0.15) is 0 Å². The van der Waals surface area contributed by atoms with Crippen molar-refractivity contribution < 1.29 is 9.13 Å². The first-order valence-electron chi connectivity index (χ1n) is 9.15. The van der Waals surface area contributed by atoms with Crippen LogP contribution in [0.3, 0.4) is 0 Å². The van der Waals surface area contributed by atoms with E-state index in [0.29, 0.717) is 13.2 Å². The van der Waals surface area contributed by atoms with E-state index in [0.717, 1.165) is 47.0 Å². The highest BCUT2D eigenvalue weighted by molar-refractivity contribution is 5.73. The van der Waals surface area contributed by atoms with E-state index in [2.05, 4.69) is 20.8 Å². The average molecular weight is 373 g/mol. The molecule has 1 fully saturated rings. The maximum Gasteiger partial charge on any atom is 0.123 e. The van der Waals surface area contributed by atoms with E-state index in [1.807, 2.05) is 30.4 Å². The molecule has 28 heavy (non-hydrogen) atoms. The molecule has 0 bridgehead atoms. The second kappa shape index (κ2) is 8.12. The van der Waals surface area contributed by atoms with Gasteiger partial charge >= 0.3 is 0 Å². The van der Waals surface area contributed by atoms with E-state index < -0.39 is 0 Å². The van der Waals surface area contributed by atoms with E-state index >= 15 is 0 Å². The quantitative estimate of drug-likeness (QED) is 0.697. The third-order valence-electron chi connectivity index (χ3n) is 4.69. The third-order valence-corrected chi connectivity index (χ3v) is 4.69. The Morgan fingerprint density at radius 3 is 2.64 bits per heavy atom. The Bertz CT molecular complexity index is 1020. The number of morpholine rings is 1. The number of ether oxygens (including phenoxy) is 1. The lowest BCUT2D eigenvalue weighted by molar-refractivity contribution is 0.122. The summed E-state index contributed by atoms with van der Waals surface area (Å²) in [6, 6.07) is 12.3. The van der Waals surface area contributed by atoms with Crippen molar-refractivity contribution in [3.8, 4) is 23.6 Å². The van der Waals surface area contributed by atoms with Crippen molar-refractivity contribution in [1.82, 2.24) is 9.97 Å². The van der Waals surface area contributed by atoms with Gasteiger partial charge in [0.1, 0.15) is 11.6 Å². The van der Waals surface area contributed by atoms with Gasteiger partial charge in [-0.3, -0.25) is 4.98 Å². The molecule has 3 heterocycles. The molecule has 1 aliphatic rings. The number of H-pyrrole nitrogens is 1. The number of anilines is 1. The molecule has 1 N–H and O–H groups in total. The first-order chi connectivity index (χ1) is 13.7. The number of aromatic nitrogens is 2. The smallest absolute Gasteiger partial charge is 0.123 e. The number of halogens is 1. The Morgan fingerprint density at radius 1 is 1.11 bits per heavy atom. The van der Waals surface area contributed by atoms with Crippen LogP contribution in [0.1, 0.15) is 16.8 Å². The fourth-order valence-corrected chi connectivity index (χ4v) is 3.21. The Morgan fingerprint density at radius 2 is 1.89 bits per heavy atom. The van der Waals surface area contributed by atoms with Gasteiger partial charge in [-0.15, -0.1) is 6.42 Å². The molecule has 4 rings (SSSR count). The molecule has 0 radical (unpaired) electrons. The molecule has 4 nitrogen and oxygen atoms in total. The third kappa shape index (κ3) is 3.98. The maximum atomic E-state index is 13.0. The van der Waals surface area contributed by atoms with E-state index in [1.165, 1.54) is 12.1 Å². The van der Waals surface area contributed by atoms with Crippen LogP contribution in [-0.4, -0.2) is 36.3 Å². The van der Waals surface area contributed by atoms with Crippen LogP contribution in [0.2, 0.25) is 0 Å². The summed E-state index contributed by atoms with van der Waals surface area (Å²) in [5.74, 6) is 3.49. The molecule has 2 aromatic heterocycles. The van der Waals surface area contributed by atoms with Crippen molar-refractivity contribution in [3.63, 3.8) is 0 Å². The van der Waals surface area contributed by atoms with Crippen molar-refractivity contribution >= 4 is 18.0 Å². The summed E-state index contributed by atoms with van der Waals surface area (Å²) in [6.07, 6.45) is 11.3. The van der Waals surface area contributed by atoms with Crippen molar-refractivity contribution in [2.45, 2.75) is 0 Å². The standard InChI is InChI=1S/C23H20FN3O/c1-2-18-16-22(26-23(18)27-11-13-28-14-12-27)19-9-10-25-21(15-19)8-5-17-3-6-20(24)7-4-17/h1,3-10,15-16,26H,11-14H2/b8-5+. The number of benzene rings is 1. The predicted molar refractivity (Wildman–Crippen MR) is 110 cm³/mol. The fraction of sp³-hybridized carbons (Fsp3) is 0.174. The predicted octanol–water partition coefficient (Wildman–Crippen LogP) is 4.20. The van der Waals surface area contributed by atoms with Crippen LogP contribution in [0.15, 0.2) is 48.7 Å². The normalized spacial score (nSPS) is 14.4. The first-order valence-corrected chi connectivity index (χ1v) is 9.15. The van der Waals surface area contributed by atoms with E-state index in [1.54, 1.807) is 18.3 Å². The molecule has 5 heteroatoms. The number of terminal acetylenes is 1. The minimum absolute atomic E-state index is 0.246. The van der Waals surface area contributed by atoms with E-state index in [-0.39, 0.29) is 5.82 Å². The molecule has 140 valence electrons. The Kier molecular flexibility index (Phi) is 5.22. The largest absolute Gasteiger partial charge is 0.378 e. The number of hydrogen-bond acceptors (Lipinski definition) is 3. The number of pyridine rings is 1. The molecule has 0 unspecified atom stereocenters. The molecular weight excluding hydrogens is 353 g/mol. The average Bonchev–Trinajstić information content (AvgIpc) is 3.19. The van der Waals surface area contributed by atoms with Crippen molar-refractivity contribution in [1.29, 1.82) is 0 Å². The Labute approximate surface area is 163 Å². The zero-order valence-corrected chi connectivity index (χ0v) is 15.4. The van der Waals surface area contributed by atoms with Crippen LogP contribution in [0.5, 0.6) is 0 Å². The van der Waals surface area contributed by atoms with E-state index in [9.17, 15) is 4.39 Å². The number of rotatable bonds is 4. The zero-order chi connectivity index (χ0) is 19.3. The maximum absolute atomic E-state index is 13.0. The summed E-state index contributed by atoms with van der Waals surface area (Å²) in [5, 5.41) is 0. The summed E-state index contributed by atoms with van der Waals surface area (Å²) in [4.78, 5) is 10.1. The zero-order valence-electron chi connectivity index (χ0n) is 15.4. The van der Waals surface area contributed by atoms with Gasteiger partial charge in [-0.05, 0) is 42.0 Å². The van der Waals surface area contributed by atoms with Gasteiger partial charge in [0, 0.05) is 30.5 Å². The van der Waals surface area contributed by atoms with Crippen LogP contribution in [0.25, 0.3) is 23.4 Å². The summed E-state index contributed by atoms with van der Waals surface area (Å²) >= 11 is 0. The Hall–Kier alpha value is -3.36. The highest BCUT2D eigenvalue weighted by Crippen LogP contribution is 2.28. The second-order valence-corrected chi connectivity index (χ2v) is 6.54. The molecule has 0 amide bonds. The molecule has 0 spiro atoms. The lowest BCUT2D eigenvalue weighted by Gasteiger charge is -2.28. The summed E-state index contributed by atoms with van der Waals surface area (Å²) in [6.45, 7) is 3.03. The molecular formula is C23H20FN3O. The minimum Gasteiger partial charge on any atom is -0.378 e. The van der Waals surface area contributed by atoms with Gasteiger partial charge in [0.05, 0.1) is 24.5 Å². The summed E-state index contributed by atoms with van der Waals surface area (Å²) < 4.78 is 18.5. The van der Waals surface area contributed by atoms with Gasteiger partial charge in [0.15, 0.2) is 0 Å². The van der Waals surface area contributed by atoms with Gasteiger partial charge in [0.25, 0.3) is 0 Å². The SMILES string of the molecule is C#Cc1cc(-c2ccnc(/C=C/c3ccc(F)cc3)c2)[nH]c1N1CCOCC1. The van der Waals surface area contributed by atoms with E-state index in [4.69, 9.17) is 11.2 Å². The van der Waals surface area contributed by atoms with Gasteiger partial charge in [-0.1, -0.05) is 24.1 Å². The molecule has 3 aromatic rings. The van der Waals surface area contributed by atoms with Gasteiger partial charge in [0.2, 0.25) is 0 Å². The highest BCUT2D eigenvalue weighted by Gasteiger charge is 2.17. The lowest BCUT2D eigenvalue weighted by Crippen LogP contribution is -2.36. The van der Waals surface area contributed by atoms with Gasteiger partial charge < -0.3 is 14.6 Å². The first kappa shape index (κ1) is 18.0. The lowest BCUT2D eigenvalue weighted by atomic mass is 10.1. The van der Waals surface area contributed by atoms with Crippen molar-refractivity contribution in [2.75, 3.05) is 31.2 Å². The summed E-state index contributed by atoms with van der Waals surface area (Å²) in [5.41, 5.74) is 4.53. The number of nitrogens with one attached hydrogen (secondary N) is 1. The molecule has 1 saturated heterocycles. The topological polar surface area (TPSA) is 41.2 Å². The molecule has 1 aromatic carbocycles. The van der Waals surface area contributed by atoms with Crippen LogP contribution in [0.4, 0.5) is 10.2 Å². The number of nitrogens with zero attached hydrogens (tertiary/aromatic N) is 2. The Balaban J connectivity index is 1.59. The molecule has 0 atom stereocenters. The molecule has 0 saturated carbocycles. The van der Waals surface area contributed by atoms with Crippen molar-refractivity contribution in [2.24, 2.45) is 0 Å². The molecule has 0 aliphatic carbocycles. The van der Waals surface area contributed by atoms with Crippen LogP contribution in [-0.2, 0) is 4.74 Å². The molecule has 1 aliphatic heterocycles. The number of aromatic amines is 1. The summed E-state index contributed by atoms with van der Waals surface area (Å²) in [7, 11) is 0. The van der Waals surface area contributed by atoms with Crippen LogP contribution in [0, 0.1) is 18.2 Å². The minimum atomic E-state index is -0.246. The number of hydrogen-bond donors (Lipinski definition) is 1. The highest BCUT2D eigenvalue weighted by atomic mass is 19.1. The van der Waals surface area contributed by atoms with Crippen molar-refractivity contribution in [3.05, 3.63) is 71.3 Å². The second-order valence-electron chi connectivity index (χ2n) is 6.54. The van der Waals surface area contributed by atoms with Gasteiger partial charge in [-0.25, -0.2) is 4.39 Å². The fourth-order valence-electron chi connectivity index (χ4n) is 3.21.